The zero-order valence-electron chi connectivity index (χ0n) is 29.0. The minimum absolute atomic E-state index is 0.0995. The number of benzene rings is 1. The molecule has 0 radical (unpaired) electrons. The van der Waals surface area contributed by atoms with E-state index >= 15 is 0 Å². The number of ketones is 2. The normalized spacial score (nSPS) is 21.7. The fourth-order valence-corrected chi connectivity index (χ4v) is 6.72. The Morgan fingerprint density at radius 1 is 0.953 bits per heavy atom. The lowest BCUT2D eigenvalue weighted by Crippen LogP contribution is -2.44. The van der Waals surface area contributed by atoms with Crippen LogP contribution >= 0.6 is 0 Å². The summed E-state index contributed by atoms with van der Waals surface area (Å²) >= 11 is 0. The molecule has 0 aromatic heterocycles. The highest BCUT2D eigenvalue weighted by atomic mass is 28.4. The number of fused-ring (bicyclic) bond motifs is 3. The van der Waals surface area contributed by atoms with Crippen LogP contribution in [-0.4, -0.2) is 55.1 Å². The molecule has 0 fully saturated rings. The first kappa shape index (κ1) is 34.9. The minimum Gasteiger partial charge on any atom is -0.543 e. The second-order valence-corrected chi connectivity index (χ2v) is 24.6. The Morgan fingerprint density at radius 2 is 1.49 bits per heavy atom. The van der Waals surface area contributed by atoms with Crippen molar-refractivity contribution in [3.05, 3.63) is 58.1 Å². The number of methoxy groups -OCH3 is 2. The summed E-state index contributed by atoms with van der Waals surface area (Å²) in [7, 11) is -1.52. The molecule has 0 saturated heterocycles. The van der Waals surface area contributed by atoms with Gasteiger partial charge in [0.2, 0.25) is 31.4 Å². The van der Waals surface area contributed by atoms with Crippen molar-refractivity contribution in [1.29, 1.82) is 0 Å². The molecule has 0 bridgehead atoms. The van der Waals surface area contributed by atoms with Gasteiger partial charge >= 0.3 is 0 Å². The first-order valence-electron chi connectivity index (χ1n) is 15.0. The van der Waals surface area contributed by atoms with E-state index in [1.807, 2.05) is 13.0 Å². The fraction of sp³-hybridized carbons (Fsp3) is 0.588. The van der Waals surface area contributed by atoms with E-state index in [1.54, 1.807) is 6.07 Å². The Bertz CT molecular complexity index is 1390. The molecular formula is C34H52O7Si2. The molecule has 0 amide bonds. The average Bonchev–Trinajstić information content (AvgIpc) is 3.13. The first-order valence-corrected chi connectivity index (χ1v) is 20.8. The topological polar surface area (TPSA) is 80.3 Å². The van der Waals surface area contributed by atoms with Crippen molar-refractivity contribution < 1.29 is 32.7 Å². The van der Waals surface area contributed by atoms with Crippen molar-refractivity contribution in [1.82, 2.24) is 0 Å². The van der Waals surface area contributed by atoms with Crippen LogP contribution in [0.4, 0.5) is 0 Å². The summed E-state index contributed by atoms with van der Waals surface area (Å²) in [5.41, 5.74) is 1.62. The van der Waals surface area contributed by atoms with Gasteiger partial charge in [-0.15, -0.1) is 0 Å². The van der Waals surface area contributed by atoms with Gasteiger partial charge in [0.05, 0.1) is 31.8 Å². The van der Waals surface area contributed by atoms with Crippen molar-refractivity contribution in [3.8, 4) is 11.5 Å². The van der Waals surface area contributed by atoms with Crippen LogP contribution in [0.3, 0.4) is 0 Å². The number of carbonyl (C=O) groups excluding carboxylic acids is 2. The minimum atomic E-state index is -2.36. The van der Waals surface area contributed by atoms with Gasteiger partial charge < -0.3 is 23.1 Å². The molecule has 2 atom stereocenters. The van der Waals surface area contributed by atoms with E-state index in [2.05, 4.69) is 93.7 Å². The maximum absolute atomic E-state index is 13.8. The summed E-state index contributed by atoms with van der Waals surface area (Å²) in [5, 5.41) is 0.0368. The lowest BCUT2D eigenvalue weighted by atomic mass is 9.76. The van der Waals surface area contributed by atoms with Gasteiger partial charge in [-0.05, 0) is 68.7 Å². The lowest BCUT2D eigenvalue weighted by Gasteiger charge is -2.38. The Kier molecular flexibility index (Phi) is 9.49. The van der Waals surface area contributed by atoms with Crippen LogP contribution in [0.5, 0.6) is 11.5 Å². The first-order chi connectivity index (χ1) is 19.5. The van der Waals surface area contributed by atoms with E-state index in [4.69, 9.17) is 23.1 Å². The van der Waals surface area contributed by atoms with E-state index in [9.17, 15) is 9.59 Å². The molecule has 1 aromatic rings. The van der Waals surface area contributed by atoms with Gasteiger partial charge in [0.25, 0.3) is 0 Å². The summed E-state index contributed by atoms with van der Waals surface area (Å²) in [6.45, 7) is 28.7. The molecule has 43 heavy (non-hydrogen) atoms. The Labute approximate surface area is 260 Å². The van der Waals surface area contributed by atoms with Crippen LogP contribution in [0.25, 0.3) is 0 Å². The van der Waals surface area contributed by atoms with Gasteiger partial charge in [-0.3, -0.25) is 9.59 Å². The summed E-state index contributed by atoms with van der Waals surface area (Å²) in [6, 6.07) is 1.71. The largest absolute Gasteiger partial charge is 0.543 e. The molecule has 0 unspecified atom stereocenters. The molecule has 0 saturated carbocycles. The number of rotatable bonds is 9. The highest BCUT2D eigenvalue weighted by Gasteiger charge is 2.50. The van der Waals surface area contributed by atoms with Crippen LogP contribution < -0.4 is 9.16 Å². The molecule has 1 aliphatic carbocycles. The number of hydrogen-bond donors (Lipinski definition) is 0. The zero-order valence-corrected chi connectivity index (χ0v) is 31.0. The quantitative estimate of drug-likeness (QED) is 0.200. The van der Waals surface area contributed by atoms with Gasteiger partial charge in [-0.1, -0.05) is 59.8 Å². The van der Waals surface area contributed by atoms with Crippen LogP contribution in [0.1, 0.15) is 88.6 Å². The second-order valence-electron chi connectivity index (χ2n) is 15.1. The molecule has 1 heterocycles. The number of allylic oxidation sites excluding steroid dienone is 4. The van der Waals surface area contributed by atoms with Crippen LogP contribution in [0.2, 0.25) is 36.3 Å². The van der Waals surface area contributed by atoms with E-state index in [1.165, 1.54) is 14.2 Å². The van der Waals surface area contributed by atoms with Crippen molar-refractivity contribution in [2.45, 2.75) is 110 Å². The lowest BCUT2D eigenvalue weighted by molar-refractivity contribution is 0.0824. The number of hydrogen-bond acceptors (Lipinski definition) is 7. The second kappa shape index (κ2) is 11.7. The van der Waals surface area contributed by atoms with Gasteiger partial charge in [0, 0.05) is 11.1 Å². The Balaban J connectivity index is 2.17. The standard InChI is InChI=1S/C34H52O7Si2/c1-21(20-39-42(12,13)32(3,4)5)17-16-18-34(9)22(2)40-29-25-23(27(35)30(37-10)31(38-11)28(25)36)19-24(26(29)34)41-43(14,15)33(6,7)8/h16-19,22H,20H2,1-15H3/b18-16+,21-17+/t22-,34+/m0/s1. The highest BCUT2D eigenvalue weighted by molar-refractivity contribution is 6.75. The van der Waals surface area contributed by atoms with Crippen molar-refractivity contribution >= 4 is 28.2 Å². The SMILES string of the molecule is COC1=C(OC)C(=O)c2c(cc(O[Si](C)(C)C(C)(C)C)c3c2O[C@@H](C)[C@@]3(C)/C=C/C=C(\C)CO[Si](C)(C)C(C)(C)C)C1=O. The predicted octanol–water partition coefficient (Wildman–Crippen LogP) is 8.52. The number of carbonyl (C=O) groups is 2. The van der Waals surface area contributed by atoms with Crippen LogP contribution in [0, 0.1) is 0 Å². The zero-order chi connectivity index (χ0) is 32.9. The van der Waals surface area contributed by atoms with Crippen LogP contribution in [-0.2, 0) is 19.3 Å². The highest BCUT2D eigenvalue weighted by Crippen LogP contribution is 2.54. The molecule has 2 aliphatic rings. The summed E-state index contributed by atoms with van der Waals surface area (Å²) in [6.07, 6.45) is 5.87. The summed E-state index contributed by atoms with van der Waals surface area (Å²) in [4.78, 5) is 27.4. The Hall–Kier alpha value is -2.63. The molecule has 9 heteroatoms. The van der Waals surface area contributed by atoms with Gasteiger partial charge in [-0.2, -0.15) is 0 Å². The smallest absolute Gasteiger partial charge is 0.250 e. The van der Waals surface area contributed by atoms with Crippen molar-refractivity contribution in [3.63, 3.8) is 0 Å². The maximum Gasteiger partial charge on any atom is 0.250 e. The third-order valence-corrected chi connectivity index (χ3v) is 18.7. The predicted molar refractivity (Wildman–Crippen MR) is 177 cm³/mol. The van der Waals surface area contributed by atoms with E-state index < -0.39 is 33.6 Å². The van der Waals surface area contributed by atoms with Crippen molar-refractivity contribution in [2.75, 3.05) is 20.8 Å². The fourth-order valence-electron chi connectivity index (χ4n) is 4.68. The average molecular weight is 629 g/mol. The third-order valence-electron chi connectivity index (χ3n) is 9.88. The molecule has 3 rings (SSSR count). The van der Waals surface area contributed by atoms with Gasteiger partial charge in [0.15, 0.2) is 8.32 Å². The van der Waals surface area contributed by atoms with Crippen molar-refractivity contribution in [2.24, 2.45) is 0 Å². The molecule has 1 aliphatic heterocycles. The molecule has 238 valence electrons. The molecular weight excluding hydrogens is 577 g/mol. The van der Waals surface area contributed by atoms with E-state index in [0.29, 0.717) is 18.1 Å². The maximum atomic E-state index is 13.8. The van der Waals surface area contributed by atoms with E-state index in [0.717, 1.165) is 11.1 Å². The number of Topliss-reactive ketones (excluding diaryl/α,β-unsaturated/α-hetero) is 2. The molecule has 0 N–H and O–H groups in total. The summed E-state index contributed by atoms with van der Waals surface area (Å²) in [5.74, 6) is -0.180. The molecule has 1 aromatic carbocycles. The third kappa shape index (κ3) is 6.31. The van der Waals surface area contributed by atoms with E-state index in [-0.39, 0.29) is 38.8 Å². The molecule has 0 spiro atoms. The molecule has 7 nitrogen and oxygen atoms in total. The monoisotopic (exact) mass is 628 g/mol. The number of ether oxygens (including phenoxy) is 3. The Morgan fingerprint density at radius 3 is 2.00 bits per heavy atom. The summed E-state index contributed by atoms with van der Waals surface area (Å²) < 4.78 is 30.5. The van der Waals surface area contributed by atoms with Gasteiger partial charge in [0.1, 0.15) is 17.6 Å². The van der Waals surface area contributed by atoms with Gasteiger partial charge in [-0.25, -0.2) is 0 Å². The van der Waals surface area contributed by atoms with Crippen LogP contribution in [0.15, 0.2) is 41.4 Å².